The van der Waals surface area contributed by atoms with Gasteiger partial charge in [-0.2, -0.15) is 15.5 Å². The topological polar surface area (TPSA) is 109 Å². The number of aromatic nitrogens is 2. The lowest BCUT2D eigenvalue weighted by Crippen LogP contribution is -2.17. The van der Waals surface area contributed by atoms with Crippen molar-refractivity contribution in [3.05, 3.63) is 41.2 Å². The Bertz CT molecular complexity index is 798. The van der Waals surface area contributed by atoms with Crippen LogP contribution in [-0.4, -0.2) is 22.2 Å². The maximum absolute atomic E-state index is 11.8. The smallest absolute Gasteiger partial charge is 0.295 e. The van der Waals surface area contributed by atoms with Gasteiger partial charge in [-0.3, -0.25) is 9.48 Å². The van der Waals surface area contributed by atoms with Gasteiger partial charge in [0, 0.05) is 24.7 Å². The second-order valence-corrected chi connectivity index (χ2v) is 4.72. The van der Waals surface area contributed by atoms with E-state index in [-0.39, 0.29) is 18.5 Å². The normalized spacial score (nSPS) is 16.6. The van der Waals surface area contributed by atoms with Crippen LogP contribution in [0.1, 0.15) is 27.7 Å². The lowest BCUT2D eigenvalue weighted by atomic mass is 9.94. The monoisotopic (exact) mass is 280 g/mol. The molecule has 2 aromatic rings. The van der Waals surface area contributed by atoms with Gasteiger partial charge in [0.1, 0.15) is 17.8 Å². The molecule has 1 atom stereocenters. The summed E-state index contributed by atoms with van der Waals surface area (Å²) in [5.74, 6) is -0.368. The Balaban J connectivity index is 2.16. The van der Waals surface area contributed by atoms with Crippen LogP contribution in [0.4, 0.5) is 0 Å². The van der Waals surface area contributed by atoms with Gasteiger partial charge in [0.25, 0.3) is 5.91 Å². The molecule has 1 aromatic heterocycles. The van der Waals surface area contributed by atoms with E-state index in [4.69, 9.17) is 5.73 Å². The van der Waals surface area contributed by atoms with E-state index in [0.29, 0.717) is 16.8 Å². The highest BCUT2D eigenvalue weighted by Crippen LogP contribution is 2.32. The molecule has 7 nitrogen and oxygen atoms in total. The molecule has 104 valence electrons. The second-order valence-electron chi connectivity index (χ2n) is 4.72. The van der Waals surface area contributed by atoms with E-state index in [1.54, 1.807) is 25.4 Å². The van der Waals surface area contributed by atoms with E-state index in [0.717, 1.165) is 11.1 Å². The predicted molar refractivity (Wildman–Crippen MR) is 74.3 cm³/mol. The Morgan fingerprint density at radius 3 is 2.95 bits per heavy atom. The molecule has 1 unspecified atom stereocenters. The first-order valence-electron chi connectivity index (χ1n) is 6.37. The van der Waals surface area contributed by atoms with Crippen LogP contribution in [0.5, 0.6) is 0 Å². The molecule has 2 heterocycles. The zero-order valence-electron chi connectivity index (χ0n) is 11.3. The molecule has 21 heavy (non-hydrogen) atoms. The summed E-state index contributed by atoms with van der Waals surface area (Å²) >= 11 is 0. The van der Waals surface area contributed by atoms with Crippen molar-refractivity contribution >= 4 is 5.91 Å². The summed E-state index contributed by atoms with van der Waals surface area (Å²) in [5, 5.41) is 20.8. The molecule has 1 aromatic carbocycles. The van der Waals surface area contributed by atoms with Crippen LogP contribution in [0.2, 0.25) is 0 Å². The summed E-state index contributed by atoms with van der Waals surface area (Å²) in [4.78, 5) is 11.8. The zero-order chi connectivity index (χ0) is 15.0. The summed E-state index contributed by atoms with van der Waals surface area (Å²) < 4.78 is 1.51. The van der Waals surface area contributed by atoms with Gasteiger partial charge in [-0.1, -0.05) is 6.07 Å². The molecule has 1 aliphatic heterocycles. The van der Waals surface area contributed by atoms with Crippen LogP contribution < -0.4 is 5.73 Å². The van der Waals surface area contributed by atoms with Crippen molar-refractivity contribution in [1.82, 2.24) is 9.78 Å². The molecule has 0 aliphatic carbocycles. The van der Waals surface area contributed by atoms with E-state index >= 15 is 0 Å². The van der Waals surface area contributed by atoms with Gasteiger partial charge >= 0.3 is 0 Å². The number of fused-ring (bicyclic) bond motifs is 1. The number of benzene rings is 1. The minimum Gasteiger partial charge on any atom is -0.328 e. The van der Waals surface area contributed by atoms with Gasteiger partial charge < -0.3 is 5.73 Å². The lowest BCUT2D eigenvalue weighted by molar-refractivity contribution is 0.0985. The number of nitrogens with zero attached hydrogens (tertiary/aromatic N) is 5. The van der Waals surface area contributed by atoms with Crippen molar-refractivity contribution < 1.29 is 4.79 Å². The molecular weight excluding hydrogens is 268 g/mol. The van der Waals surface area contributed by atoms with Crippen molar-refractivity contribution in [1.29, 1.82) is 5.26 Å². The van der Waals surface area contributed by atoms with E-state index < -0.39 is 0 Å². The largest absolute Gasteiger partial charge is 0.328 e. The third-order valence-electron chi connectivity index (χ3n) is 3.51. The first-order valence-corrected chi connectivity index (χ1v) is 6.37. The van der Waals surface area contributed by atoms with Gasteiger partial charge in [-0.15, -0.1) is 5.11 Å². The first-order chi connectivity index (χ1) is 10.2. The van der Waals surface area contributed by atoms with Gasteiger partial charge in [-0.05, 0) is 23.3 Å². The Morgan fingerprint density at radius 2 is 2.24 bits per heavy atom. The number of carbonyl (C=O) groups excluding carboxylic acids is 1. The van der Waals surface area contributed by atoms with Gasteiger partial charge in [0.15, 0.2) is 0 Å². The Kier molecular flexibility index (Phi) is 3.08. The number of aryl methyl sites for hydroxylation is 1. The minimum absolute atomic E-state index is 0.269. The van der Waals surface area contributed by atoms with Crippen molar-refractivity contribution in [2.75, 3.05) is 6.54 Å². The fraction of sp³-hybridized carbons (Fsp3) is 0.214. The Morgan fingerprint density at radius 1 is 1.43 bits per heavy atom. The molecule has 0 saturated carbocycles. The third-order valence-corrected chi connectivity index (χ3v) is 3.51. The van der Waals surface area contributed by atoms with Crippen LogP contribution in [0.3, 0.4) is 0 Å². The molecule has 0 spiro atoms. The number of nitriles is 1. The van der Waals surface area contributed by atoms with Crippen LogP contribution in [-0.2, 0) is 7.05 Å². The molecule has 1 aliphatic rings. The number of azo groups is 1. The van der Waals surface area contributed by atoms with Gasteiger partial charge in [-0.25, -0.2) is 0 Å². The summed E-state index contributed by atoms with van der Waals surface area (Å²) in [7, 11) is 1.71. The van der Waals surface area contributed by atoms with Crippen molar-refractivity contribution in [2.45, 2.75) is 6.04 Å². The molecule has 2 N–H and O–H groups in total. The number of carbonyl (C=O) groups is 1. The average molecular weight is 280 g/mol. The number of hydrogen-bond donors (Lipinski definition) is 1. The second kappa shape index (κ2) is 4.92. The number of amides is 1. The number of hydrogen-bond acceptors (Lipinski definition) is 5. The standard InChI is InChI=1S/C14H12N6O/c1-20-13(6-16)11(7-17-20)8-2-3-9-10(4-8)12(5-15)18-19-14(9)21/h2-4,7,12H,5,15H2,1H3. The molecule has 1 amide bonds. The zero-order valence-corrected chi connectivity index (χ0v) is 11.3. The van der Waals surface area contributed by atoms with Gasteiger partial charge in [0.05, 0.1) is 6.20 Å². The first kappa shape index (κ1) is 13.1. The average Bonchev–Trinajstić information content (AvgIpc) is 2.88. The minimum atomic E-state index is -0.368. The van der Waals surface area contributed by atoms with Crippen molar-refractivity contribution in [3.63, 3.8) is 0 Å². The van der Waals surface area contributed by atoms with Crippen LogP contribution in [0.15, 0.2) is 34.6 Å². The number of nitrogens with two attached hydrogens (primary N) is 1. The highest BCUT2D eigenvalue weighted by molar-refractivity contribution is 5.97. The summed E-state index contributed by atoms with van der Waals surface area (Å²) in [6.07, 6.45) is 1.63. The summed E-state index contributed by atoms with van der Waals surface area (Å²) in [6.45, 7) is 0.269. The SMILES string of the molecule is Cn1ncc(-c2ccc3c(c2)C(CN)N=NC3=O)c1C#N. The maximum atomic E-state index is 11.8. The van der Waals surface area contributed by atoms with Crippen molar-refractivity contribution in [3.8, 4) is 17.2 Å². The van der Waals surface area contributed by atoms with Crippen LogP contribution in [0, 0.1) is 11.3 Å². The van der Waals surface area contributed by atoms with Crippen LogP contribution in [0.25, 0.3) is 11.1 Å². The molecule has 0 radical (unpaired) electrons. The van der Waals surface area contributed by atoms with E-state index in [1.807, 2.05) is 6.07 Å². The fourth-order valence-electron chi connectivity index (χ4n) is 2.39. The number of rotatable bonds is 2. The lowest BCUT2D eigenvalue weighted by Gasteiger charge is -2.17. The molecule has 0 bridgehead atoms. The highest BCUT2D eigenvalue weighted by atomic mass is 16.1. The quantitative estimate of drug-likeness (QED) is 0.900. The molecular formula is C14H12N6O. The van der Waals surface area contributed by atoms with E-state index in [9.17, 15) is 10.1 Å². The summed E-state index contributed by atoms with van der Waals surface area (Å²) in [5.41, 5.74) is 8.91. The Labute approximate surface area is 120 Å². The van der Waals surface area contributed by atoms with E-state index in [2.05, 4.69) is 21.4 Å². The predicted octanol–water partition coefficient (Wildman–Crippen LogP) is 1.56. The highest BCUT2D eigenvalue weighted by Gasteiger charge is 2.24. The maximum Gasteiger partial charge on any atom is 0.295 e. The van der Waals surface area contributed by atoms with Crippen LogP contribution >= 0.6 is 0 Å². The summed E-state index contributed by atoms with van der Waals surface area (Å²) in [6, 6.07) is 7.10. The molecule has 0 saturated heterocycles. The van der Waals surface area contributed by atoms with Gasteiger partial charge in [0.2, 0.25) is 0 Å². The Hall–Kier alpha value is -2.85. The third kappa shape index (κ3) is 2.02. The molecule has 3 rings (SSSR count). The van der Waals surface area contributed by atoms with Crippen molar-refractivity contribution in [2.24, 2.45) is 23.0 Å². The fourth-order valence-corrected chi connectivity index (χ4v) is 2.39. The van der Waals surface area contributed by atoms with E-state index in [1.165, 1.54) is 4.68 Å². The molecule has 0 fully saturated rings. The molecule has 7 heteroatoms.